The number of nitrogens with two attached hydrogens (primary N) is 1. The summed E-state index contributed by atoms with van der Waals surface area (Å²) >= 11 is 0. The first kappa shape index (κ1) is 95.4. The number of unbranched alkanes of at least 4 members (excludes halogenated alkanes) is 46. The molecule has 0 aliphatic heterocycles. The third-order valence-corrected chi connectivity index (χ3v) is 19.3. The fraction of sp³-hybridized carbons (Fsp3) is 0.753. The number of hydrogen-bond acceptors (Lipinski definition) is 8. The molecule has 0 fully saturated rings. The number of hydrogen-bond donors (Lipinski definition) is 2. The Balaban J connectivity index is 3.79. The fourth-order valence-corrected chi connectivity index (χ4v) is 12.9. The first-order chi connectivity index (χ1) is 48.8. The summed E-state index contributed by atoms with van der Waals surface area (Å²) in [5.41, 5.74) is 5.42. The van der Waals surface area contributed by atoms with Crippen LogP contribution >= 0.6 is 7.82 Å². The second-order valence-corrected chi connectivity index (χ2v) is 29.4. The van der Waals surface area contributed by atoms with Gasteiger partial charge in [-0.05, 0) is 109 Å². The highest BCUT2D eigenvalue weighted by atomic mass is 31.2. The SMILES string of the molecule is CC/C=C\C/C=C\C/C=C\C/C=C\C/C=C\C/C=C\C/C=C\C/C=C\CCCCCCCCCCCCCCCCCCC(=O)OC(COC(=O)CCCCCCCCCCCCCCCCCCCCCCCCCCC/C=C\C/C=C\CCCCCCC)COP(=O)(O)OCCN. The number of allylic oxidation sites excluding steroid dienone is 20. The summed E-state index contributed by atoms with van der Waals surface area (Å²) in [6.07, 6.45) is 118. The van der Waals surface area contributed by atoms with E-state index < -0.39 is 26.5 Å². The van der Waals surface area contributed by atoms with Crippen molar-refractivity contribution in [2.24, 2.45) is 5.73 Å². The van der Waals surface area contributed by atoms with Crippen LogP contribution in [0.2, 0.25) is 0 Å². The predicted molar refractivity (Wildman–Crippen MR) is 431 cm³/mol. The van der Waals surface area contributed by atoms with Crippen LogP contribution in [0.5, 0.6) is 0 Å². The van der Waals surface area contributed by atoms with Crippen molar-refractivity contribution in [3.63, 3.8) is 0 Å². The lowest BCUT2D eigenvalue weighted by Gasteiger charge is -2.19. The number of esters is 2. The smallest absolute Gasteiger partial charge is 0.462 e. The van der Waals surface area contributed by atoms with Crippen LogP contribution in [0.15, 0.2) is 122 Å². The zero-order chi connectivity index (χ0) is 71.5. The van der Waals surface area contributed by atoms with E-state index in [0.29, 0.717) is 6.42 Å². The second-order valence-electron chi connectivity index (χ2n) is 28.0. The van der Waals surface area contributed by atoms with Crippen molar-refractivity contribution in [1.82, 2.24) is 0 Å². The first-order valence-corrected chi connectivity index (χ1v) is 43.5. The zero-order valence-corrected chi connectivity index (χ0v) is 65.6. The van der Waals surface area contributed by atoms with E-state index in [2.05, 4.69) is 135 Å². The Labute approximate surface area is 612 Å². The lowest BCUT2D eigenvalue weighted by molar-refractivity contribution is -0.161. The third-order valence-electron chi connectivity index (χ3n) is 18.3. The van der Waals surface area contributed by atoms with Crippen LogP contribution in [0.3, 0.4) is 0 Å². The summed E-state index contributed by atoms with van der Waals surface area (Å²) in [5, 5.41) is 0. The molecular weight excluding hydrogens is 1240 g/mol. The van der Waals surface area contributed by atoms with Gasteiger partial charge in [0.1, 0.15) is 6.61 Å². The summed E-state index contributed by atoms with van der Waals surface area (Å²) in [5.74, 6) is -0.812. The molecule has 0 radical (unpaired) electrons. The molecule has 0 bridgehead atoms. The Morgan fingerprint density at radius 3 is 0.828 bits per heavy atom. The maximum Gasteiger partial charge on any atom is 0.472 e. The van der Waals surface area contributed by atoms with E-state index in [1.54, 1.807) is 0 Å². The maximum atomic E-state index is 12.8. The lowest BCUT2D eigenvalue weighted by Crippen LogP contribution is -2.29. The Morgan fingerprint density at radius 1 is 0.313 bits per heavy atom. The van der Waals surface area contributed by atoms with Gasteiger partial charge in [-0.15, -0.1) is 0 Å². The van der Waals surface area contributed by atoms with Gasteiger partial charge in [-0.2, -0.15) is 0 Å². The molecule has 0 aromatic carbocycles. The van der Waals surface area contributed by atoms with Crippen LogP contribution < -0.4 is 5.73 Å². The number of carbonyl (C=O) groups is 2. The van der Waals surface area contributed by atoms with Gasteiger partial charge in [0.05, 0.1) is 13.2 Å². The molecule has 3 N–H and O–H groups in total. The van der Waals surface area contributed by atoms with Gasteiger partial charge in [-0.1, -0.05) is 399 Å². The number of carbonyl (C=O) groups excluding carboxylic acids is 2. The molecule has 0 heterocycles. The quantitative estimate of drug-likeness (QED) is 0.0264. The van der Waals surface area contributed by atoms with Gasteiger partial charge in [0.25, 0.3) is 0 Å². The standard InChI is InChI=1S/C89H158NO8P/c1-3-5-7-9-11-13-15-17-19-21-23-25-27-29-31-33-35-37-39-41-42-43-44-46-48-50-52-54-56-58-60-62-64-66-68-70-72-74-76-78-80-82-89(92)98-87(86-97-99(93,94)96-84-83-90)85-95-88(91)81-79-77-75-73-71-69-67-65-63-61-59-57-55-53-51-49-47-45-40-38-36-34-32-30-28-26-24-22-20-18-16-14-12-10-8-6-4-2/h5,7,11,13,16-19,22-25,29,31,35,37,41-42,44,46,87H,3-4,6,8-10,12,14-15,20-21,26-28,30,32-34,36,38-40,43,45,47-86,90H2,1-2H3,(H,93,94)/b7-5-,13-11-,18-16-,19-17-,24-22-,25-23-,31-29-,37-35-,42-41-,46-44-. The monoisotopic (exact) mass is 1400 g/mol. The van der Waals surface area contributed by atoms with Crippen LogP contribution in [0.4, 0.5) is 0 Å². The Morgan fingerprint density at radius 2 is 0.556 bits per heavy atom. The van der Waals surface area contributed by atoms with Crippen molar-refractivity contribution in [1.29, 1.82) is 0 Å². The van der Waals surface area contributed by atoms with Gasteiger partial charge in [-0.3, -0.25) is 18.6 Å². The van der Waals surface area contributed by atoms with Gasteiger partial charge in [0, 0.05) is 19.4 Å². The van der Waals surface area contributed by atoms with Crippen LogP contribution in [-0.4, -0.2) is 49.3 Å². The highest BCUT2D eigenvalue weighted by Gasteiger charge is 2.26. The van der Waals surface area contributed by atoms with Crippen molar-refractivity contribution >= 4 is 19.8 Å². The summed E-state index contributed by atoms with van der Waals surface area (Å²) in [7, 11) is -4.40. The van der Waals surface area contributed by atoms with Crippen molar-refractivity contribution in [2.75, 3.05) is 26.4 Å². The molecule has 0 saturated carbocycles. The highest BCUT2D eigenvalue weighted by Crippen LogP contribution is 2.43. The van der Waals surface area contributed by atoms with E-state index in [-0.39, 0.29) is 38.6 Å². The number of ether oxygens (including phenoxy) is 2. The first-order valence-electron chi connectivity index (χ1n) is 42.0. The number of rotatable bonds is 79. The molecule has 0 spiro atoms. The molecule has 2 unspecified atom stereocenters. The van der Waals surface area contributed by atoms with Crippen LogP contribution in [0.1, 0.15) is 399 Å². The molecule has 10 heteroatoms. The van der Waals surface area contributed by atoms with Crippen molar-refractivity contribution < 1.29 is 37.6 Å². The molecule has 0 aromatic rings. The number of phosphoric acid groups is 1. The van der Waals surface area contributed by atoms with Crippen LogP contribution in [0, 0.1) is 0 Å². The molecule has 0 aliphatic rings. The van der Waals surface area contributed by atoms with Gasteiger partial charge in [0.15, 0.2) is 6.10 Å². The molecule has 9 nitrogen and oxygen atoms in total. The van der Waals surface area contributed by atoms with Gasteiger partial charge in [-0.25, -0.2) is 4.57 Å². The van der Waals surface area contributed by atoms with Crippen molar-refractivity contribution in [2.45, 2.75) is 405 Å². The minimum Gasteiger partial charge on any atom is -0.462 e. The van der Waals surface area contributed by atoms with Crippen molar-refractivity contribution in [3.05, 3.63) is 122 Å². The molecule has 2 atom stereocenters. The highest BCUT2D eigenvalue weighted by molar-refractivity contribution is 7.47. The minimum absolute atomic E-state index is 0.0520. The topological polar surface area (TPSA) is 134 Å². The Kier molecular flexibility index (Phi) is 80.3. The molecular formula is C89H158NO8P. The lowest BCUT2D eigenvalue weighted by atomic mass is 10.0. The summed E-state index contributed by atoms with van der Waals surface area (Å²) in [6.45, 7) is 3.67. The van der Waals surface area contributed by atoms with E-state index >= 15 is 0 Å². The van der Waals surface area contributed by atoms with E-state index in [1.165, 1.54) is 270 Å². The van der Waals surface area contributed by atoms with E-state index in [0.717, 1.165) is 96.3 Å². The van der Waals surface area contributed by atoms with E-state index in [9.17, 15) is 19.0 Å². The molecule has 0 aromatic heterocycles. The molecule has 0 saturated heterocycles. The normalized spacial score (nSPS) is 13.5. The third kappa shape index (κ3) is 83.2. The zero-order valence-electron chi connectivity index (χ0n) is 64.7. The maximum absolute atomic E-state index is 12.8. The average molecular weight is 1400 g/mol. The Hall–Kier alpha value is -3.59. The van der Waals surface area contributed by atoms with Gasteiger partial charge < -0.3 is 20.1 Å². The summed E-state index contributed by atoms with van der Waals surface area (Å²) in [6, 6.07) is 0. The largest absolute Gasteiger partial charge is 0.472 e. The van der Waals surface area contributed by atoms with Crippen LogP contribution in [-0.2, 0) is 32.7 Å². The summed E-state index contributed by atoms with van der Waals surface area (Å²) in [4.78, 5) is 35.5. The van der Waals surface area contributed by atoms with Gasteiger partial charge in [0.2, 0.25) is 0 Å². The summed E-state index contributed by atoms with van der Waals surface area (Å²) < 4.78 is 33.3. The minimum atomic E-state index is -4.40. The molecule has 99 heavy (non-hydrogen) atoms. The van der Waals surface area contributed by atoms with Gasteiger partial charge >= 0.3 is 19.8 Å². The molecule has 572 valence electrons. The van der Waals surface area contributed by atoms with Crippen molar-refractivity contribution in [3.8, 4) is 0 Å². The number of phosphoric ester groups is 1. The molecule has 0 aliphatic carbocycles. The fourth-order valence-electron chi connectivity index (χ4n) is 12.2. The average Bonchev–Trinajstić information content (AvgIpc) is 1.19. The van der Waals surface area contributed by atoms with E-state index in [4.69, 9.17) is 24.3 Å². The molecule has 0 rings (SSSR count). The molecule has 0 amide bonds. The predicted octanol–water partition coefficient (Wildman–Crippen LogP) is 28.5. The second kappa shape index (κ2) is 83.4. The van der Waals surface area contributed by atoms with E-state index in [1.807, 2.05) is 0 Å². The van der Waals surface area contributed by atoms with Crippen LogP contribution in [0.25, 0.3) is 0 Å². The Bertz CT molecular complexity index is 2050.